The molecule has 1 atom stereocenters. The molecule has 0 bridgehead atoms. The number of carbonyl (C=O) groups excluding carboxylic acids is 2. The summed E-state index contributed by atoms with van der Waals surface area (Å²) in [5.74, 6) is 0.408. The van der Waals surface area contributed by atoms with Crippen molar-refractivity contribution in [2.24, 2.45) is 0 Å². The molecular weight excluding hydrogens is 232 g/mol. The van der Waals surface area contributed by atoms with Gasteiger partial charge in [-0.15, -0.1) is 0 Å². The number of piperidine rings is 1. The third-order valence-electron chi connectivity index (χ3n) is 3.25. The second-order valence-electron chi connectivity index (χ2n) is 4.68. The highest BCUT2D eigenvalue weighted by molar-refractivity contribution is 6.00. The molecule has 0 aromatic heterocycles. The molecule has 1 fully saturated rings. The molecule has 0 saturated carbocycles. The molecule has 0 radical (unpaired) electrons. The van der Waals surface area contributed by atoms with Crippen molar-refractivity contribution in [3.8, 4) is 0 Å². The van der Waals surface area contributed by atoms with E-state index in [1.165, 1.54) is 5.57 Å². The van der Waals surface area contributed by atoms with Crippen molar-refractivity contribution in [1.82, 2.24) is 10.6 Å². The maximum absolute atomic E-state index is 11.7. The lowest BCUT2D eigenvalue weighted by Gasteiger charge is -2.26. The Bertz CT molecular complexity index is 438. The Labute approximate surface area is 106 Å². The second kappa shape index (κ2) is 5.25. The summed E-state index contributed by atoms with van der Waals surface area (Å²) in [6.07, 6.45) is 4.73. The summed E-state index contributed by atoms with van der Waals surface area (Å²) >= 11 is 0. The molecule has 1 aliphatic carbocycles. The van der Waals surface area contributed by atoms with Crippen LogP contribution in [0.1, 0.15) is 32.6 Å². The zero-order valence-electron chi connectivity index (χ0n) is 10.7. The van der Waals surface area contributed by atoms with Gasteiger partial charge in [-0.3, -0.25) is 14.9 Å². The molecule has 1 unspecified atom stereocenters. The molecule has 0 aromatic rings. The van der Waals surface area contributed by atoms with E-state index in [0.717, 1.165) is 24.3 Å². The number of imide groups is 1. The maximum Gasteiger partial charge on any atom is 0.249 e. The maximum atomic E-state index is 11.7. The highest BCUT2D eigenvalue weighted by Gasteiger charge is 2.27. The summed E-state index contributed by atoms with van der Waals surface area (Å²) in [5, 5.41) is 5.51. The second-order valence-corrected chi connectivity index (χ2v) is 4.68. The van der Waals surface area contributed by atoms with Gasteiger partial charge in [0.25, 0.3) is 0 Å². The van der Waals surface area contributed by atoms with Gasteiger partial charge in [-0.2, -0.15) is 0 Å². The molecule has 0 spiro atoms. The van der Waals surface area contributed by atoms with E-state index in [-0.39, 0.29) is 17.9 Å². The first-order valence-corrected chi connectivity index (χ1v) is 6.14. The van der Waals surface area contributed by atoms with Crippen LogP contribution < -0.4 is 10.6 Å². The van der Waals surface area contributed by atoms with Gasteiger partial charge in [0, 0.05) is 12.8 Å². The van der Waals surface area contributed by atoms with Gasteiger partial charge in [-0.05, 0) is 25.8 Å². The SMILES string of the molecule is COC1=C(NC2CCC(=O)NC2=O)C=C(C)CC1. The van der Waals surface area contributed by atoms with Crippen LogP contribution in [-0.2, 0) is 14.3 Å². The minimum absolute atomic E-state index is 0.200. The Hall–Kier alpha value is -1.78. The lowest BCUT2D eigenvalue weighted by atomic mass is 10.0. The smallest absolute Gasteiger partial charge is 0.249 e. The van der Waals surface area contributed by atoms with Crippen LogP contribution in [0.15, 0.2) is 23.1 Å². The van der Waals surface area contributed by atoms with Crippen LogP contribution in [-0.4, -0.2) is 25.0 Å². The van der Waals surface area contributed by atoms with E-state index in [1.54, 1.807) is 7.11 Å². The zero-order valence-corrected chi connectivity index (χ0v) is 10.7. The number of hydrogen-bond acceptors (Lipinski definition) is 4. The minimum Gasteiger partial charge on any atom is -0.499 e. The van der Waals surface area contributed by atoms with Crippen LogP contribution in [0.3, 0.4) is 0 Å². The van der Waals surface area contributed by atoms with Crippen molar-refractivity contribution in [2.75, 3.05) is 7.11 Å². The molecule has 0 aromatic carbocycles. The monoisotopic (exact) mass is 250 g/mol. The van der Waals surface area contributed by atoms with Gasteiger partial charge in [0.15, 0.2) is 0 Å². The van der Waals surface area contributed by atoms with Crippen molar-refractivity contribution < 1.29 is 14.3 Å². The zero-order chi connectivity index (χ0) is 13.1. The van der Waals surface area contributed by atoms with Gasteiger partial charge < -0.3 is 10.1 Å². The fraction of sp³-hybridized carbons (Fsp3) is 0.538. The number of ether oxygens (including phenoxy) is 1. The fourth-order valence-corrected chi connectivity index (χ4v) is 2.20. The Morgan fingerprint density at radius 1 is 1.33 bits per heavy atom. The molecular formula is C13H18N2O3. The van der Waals surface area contributed by atoms with Crippen LogP contribution in [0, 0.1) is 0 Å². The molecule has 18 heavy (non-hydrogen) atoms. The number of rotatable bonds is 3. The van der Waals surface area contributed by atoms with E-state index < -0.39 is 0 Å². The van der Waals surface area contributed by atoms with Crippen LogP contribution in [0.4, 0.5) is 0 Å². The number of allylic oxidation sites excluding steroid dienone is 3. The van der Waals surface area contributed by atoms with Gasteiger partial charge >= 0.3 is 0 Å². The van der Waals surface area contributed by atoms with E-state index >= 15 is 0 Å². The number of carbonyl (C=O) groups is 2. The third kappa shape index (κ3) is 2.72. The molecule has 5 heteroatoms. The predicted octanol–water partition coefficient (Wildman–Crippen LogP) is 0.979. The van der Waals surface area contributed by atoms with Crippen molar-refractivity contribution >= 4 is 11.8 Å². The summed E-state index contributed by atoms with van der Waals surface area (Å²) in [6.45, 7) is 2.05. The average molecular weight is 250 g/mol. The lowest BCUT2D eigenvalue weighted by molar-refractivity contribution is -0.134. The molecule has 1 saturated heterocycles. The van der Waals surface area contributed by atoms with Crippen LogP contribution in [0.2, 0.25) is 0 Å². The molecule has 5 nitrogen and oxygen atoms in total. The third-order valence-corrected chi connectivity index (χ3v) is 3.25. The molecule has 1 aliphatic heterocycles. The Morgan fingerprint density at radius 3 is 2.78 bits per heavy atom. The lowest BCUT2D eigenvalue weighted by Crippen LogP contribution is -2.50. The number of hydrogen-bond donors (Lipinski definition) is 2. The minimum atomic E-state index is -0.356. The summed E-state index contributed by atoms with van der Waals surface area (Å²) < 4.78 is 5.32. The van der Waals surface area contributed by atoms with Crippen molar-refractivity contribution in [3.63, 3.8) is 0 Å². The van der Waals surface area contributed by atoms with E-state index in [0.29, 0.717) is 12.8 Å². The normalized spacial score (nSPS) is 24.6. The van der Waals surface area contributed by atoms with Gasteiger partial charge in [0.2, 0.25) is 11.8 Å². The van der Waals surface area contributed by atoms with Gasteiger partial charge in [0.05, 0.1) is 12.8 Å². The van der Waals surface area contributed by atoms with Gasteiger partial charge in [0.1, 0.15) is 11.8 Å². The summed E-state index contributed by atoms with van der Waals surface area (Å²) in [6, 6.07) is -0.356. The topological polar surface area (TPSA) is 67.4 Å². The summed E-state index contributed by atoms with van der Waals surface area (Å²) in [7, 11) is 1.63. The van der Waals surface area contributed by atoms with E-state index in [4.69, 9.17) is 4.74 Å². The van der Waals surface area contributed by atoms with Crippen LogP contribution in [0.25, 0.3) is 0 Å². The number of amides is 2. The van der Waals surface area contributed by atoms with Crippen molar-refractivity contribution in [1.29, 1.82) is 0 Å². The number of nitrogens with one attached hydrogen (secondary N) is 2. The van der Waals surface area contributed by atoms with E-state index in [1.807, 2.05) is 6.08 Å². The number of methoxy groups -OCH3 is 1. The quantitative estimate of drug-likeness (QED) is 0.733. The van der Waals surface area contributed by atoms with E-state index in [9.17, 15) is 9.59 Å². The highest BCUT2D eigenvalue weighted by Crippen LogP contribution is 2.23. The van der Waals surface area contributed by atoms with Gasteiger partial charge in [-0.25, -0.2) is 0 Å². The average Bonchev–Trinajstić information content (AvgIpc) is 2.33. The molecule has 2 aliphatic rings. The molecule has 2 amide bonds. The van der Waals surface area contributed by atoms with Crippen molar-refractivity contribution in [3.05, 3.63) is 23.1 Å². The van der Waals surface area contributed by atoms with Crippen molar-refractivity contribution in [2.45, 2.75) is 38.6 Å². The first-order valence-electron chi connectivity index (χ1n) is 6.14. The Balaban J connectivity index is 2.10. The highest BCUT2D eigenvalue weighted by atomic mass is 16.5. The first-order chi connectivity index (χ1) is 8.60. The Morgan fingerprint density at radius 2 is 2.11 bits per heavy atom. The molecule has 98 valence electrons. The summed E-state index contributed by atoms with van der Waals surface area (Å²) in [5.41, 5.74) is 2.11. The van der Waals surface area contributed by atoms with Crippen LogP contribution in [0.5, 0.6) is 0 Å². The molecule has 2 N–H and O–H groups in total. The predicted molar refractivity (Wildman–Crippen MR) is 66.3 cm³/mol. The van der Waals surface area contributed by atoms with Gasteiger partial charge in [-0.1, -0.05) is 5.57 Å². The fourth-order valence-electron chi connectivity index (χ4n) is 2.20. The largest absolute Gasteiger partial charge is 0.499 e. The van der Waals surface area contributed by atoms with Crippen LogP contribution >= 0.6 is 0 Å². The van der Waals surface area contributed by atoms with E-state index in [2.05, 4.69) is 17.6 Å². The first kappa shape index (κ1) is 12.7. The molecule has 2 rings (SSSR count). The summed E-state index contributed by atoms with van der Waals surface area (Å²) in [4.78, 5) is 22.8. The molecule has 1 heterocycles. The standard InChI is InChI=1S/C13H18N2O3/c1-8-3-5-11(18-2)10(7-8)14-9-4-6-12(16)15-13(9)17/h7,9,14H,3-6H2,1-2H3,(H,15,16,17). The Kier molecular flexibility index (Phi) is 3.69.